The van der Waals surface area contributed by atoms with E-state index >= 15 is 0 Å². The normalized spacial score (nSPS) is 10.3. The first-order chi connectivity index (χ1) is 14.1. The van der Waals surface area contributed by atoms with Gasteiger partial charge in [-0.1, -0.05) is 18.2 Å². The summed E-state index contributed by atoms with van der Waals surface area (Å²) in [6, 6.07) is 15.9. The molecule has 29 heavy (non-hydrogen) atoms. The topological polar surface area (TPSA) is 80.3 Å². The minimum atomic E-state index is -0.415. The molecular weight excluding hydrogens is 373 g/mol. The smallest absolute Gasteiger partial charge is 0.269 e. The molecule has 0 saturated carbocycles. The summed E-state index contributed by atoms with van der Waals surface area (Å²) in [6.45, 7) is 0.396. The number of anilines is 1. The predicted octanol–water partition coefficient (Wildman–Crippen LogP) is 3.45. The second kappa shape index (κ2) is 9.45. The number of methoxy groups -OCH3 is 1. The van der Waals surface area contributed by atoms with Crippen molar-refractivity contribution in [3.05, 3.63) is 89.5 Å². The van der Waals surface area contributed by atoms with E-state index in [1.807, 2.05) is 24.3 Å². The number of hydrogen-bond acceptors (Lipinski definition) is 4. The van der Waals surface area contributed by atoms with E-state index in [1.54, 1.807) is 7.11 Å². The quantitative estimate of drug-likeness (QED) is 0.644. The molecule has 2 amide bonds. The molecule has 0 fully saturated rings. The van der Waals surface area contributed by atoms with Crippen molar-refractivity contribution >= 4 is 17.5 Å². The van der Waals surface area contributed by atoms with Gasteiger partial charge < -0.3 is 15.4 Å². The molecule has 148 valence electrons. The first kappa shape index (κ1) is 20.0. The van der Waals surface area contributed by atoms with Crippen LogP contribution in [0, 0.1) is 5.82 Å². The van der Waals surface area contributed by atoms with Crippen molar-refractivity contribution in [1.29, 1.82) is 0 Å². The average molecular weight is 393 g/mol. The maximum Gasteiger partial charge on any atom is 0.269 e. The van der Waals surface area contributed by atoms with Gasteiger partial charge in [-0.15, -0.1) is 0 Å². The number of carbonyl (C=O) groups is 2. The molecule has 0 radical (unpaired) electrons. The van der Waals surface area contributed by atoms with E-state index in [9.17, 15) is 14.0 Å². The fourth-order valence-electron chi connectivity index (χ4n) is 2.74. The molecule has 3 rings (SSSR count). The molecule has 1 heterocycles. The van der Waals surface area contributed by atoms with E-state index in [1.165, 1.54) is 42.6 Å². The van der Waals surface area contributed by atoms with Crippen molar-refractivity contribution < 1.29 is 18.7 Å². The lowest BCUT2D eigenvalue weighted by Crippen LogP contribution is -2.27. The summed E-state index contributed by atoms with van der Waals surface area (Å²) >= 11 is 0. The Morgan fingerprint density at radius 1 is 1.03 bits per heavy atom. The van der Waals surface area contributed by atoms with Crippen LogP contribution in [0.15, 0.2) is 66.9 Å². The Balaban J connectivity index is 1.60. The van der Waals surface area contributed by atoms with E-state index in [2.05, 4.69) is 15.6 Å². The van der Waals surface area contributed by atoms with Crippen molar-refractivity contribution in [3.8, 4) is 5.75 Å². The van der Waals surface area contributed by atoms with Gasteiger partial charge in [0.25, 0.3) is 11.8 Å². The van der Waals surface area contributed by atoms with Crippen molar-refractivity contribution in [2.75, 3.05) is 19.0 Å². The van der Waals surface area contributed by atoms with Crippen LogP contribution in [0.1, 0.15) is 26.4 Å². The third kappa shape index (κ3) is 5.38. The van der Waals surface area contributed by atoms with Gasteiger partial charge in [-0.25, -0.2) is 4.39 Å². The molecule has 0 aliphatic heterocycles. The number of amides is 2. The molecule has 0 aliphatic rings. The molecule has 0 spiro atoms. The van der Waals surface area contributed by atoms with E-state index in [-0.39, 0.29) is 23.0 Å². The summed E-state index contributed by atoms with van der Waals surface area (Å²) in [7, 11) is 1.60. The monoisotopic (exact) mass is 393 g/mol. The van der Waals surface area contributed by atoms with Crippen molar-refractivity contribution in [1.82, 2.24) is 10.3 Å². The minimum absolute atomic E-state index is 0.136. The van der Waals surface area contributed by atoms with Crippen LogP contribution in [0.4, 0.5) is 10.1 Å². The Morgan fingerprint density at radius 2 is 1.79 bits per heavy atom. The Hall–Kier alpha value is -3.74. The van der Waals surface area contributed by atoms with Crippen LogP contribution in [0.2, 0.25) is 0 Å². The number of aromatic nitrogens is 1. The van der Waals surface area contributed by atoms with Crippen LogP contribution in [-0.2, 0) is 6.42 Å². The number of rotatable bonds is 7. The highest BCUT2D eigenvalue weighted by molar-refractivity contribution is 6.05. The van der Waals surface area contributed by atoms with Gasteiger partial charge in [0, 0.05) is 24.0 Å². The second-order valence-corrected chi connectivity index (χ2v) is 6.21. The summed E-state index contributed by atoms with van der Waals surface area (Å²) in [4.78, 5) is 28.8. The summed E-state index contributed by atoms with van der Waals surface area (Å²) in [6.07, 6.45) is 2.00. The molecule has 7 heteroatoms. The van der Waals surface area contributed by atoms with Crippen molar-refractivity contribution in [3.63, 3.8) is 0 Å². The van der Waals surface area contributed by atoms with Crippen LogP contribution in [0.3, 0.4) is 0 Å². The van der Waals surface area contributed by atoms with Gasteiger partial charge in [-0.05, 0) is 54.4 Å². The molecule has 6 nitrogen and oxygen atoms in total. The highest BCUT2D eigenvalue weighted by atomic mass is 19.1. The molecule has 3 aromatic rings. The Labute approximate surface area is 167 Å². The maximum absolute atomic E-state index is 13.0. The van der Waals surface area contributed by atoms with Crippen LogP contribution < -0.4 is 15.4 Å². The van der Waals surface area contributed by atoms with Crippen molar-refractivity contribution in [2.24, 2.45) is 0 Å². The molecule has 0 bridgehead atoms. The van der Waals surface area contributed by atoms with Gasteiger partial charge in [-0.2, -0.15) is 0 Å². The lowest BCUT2D eigenvalue weighted by Gasteiger charge is -2.09. The number of pyridine rings is 1. The van der Waals surface area contributed by atoms with Crippen molar-refractivity contribution in [2.45, 2.75) is 6.42 Å². The summed E-state index contributed by atoms with van der Waals surface area (Å²) in [5.41, 5.74) is 1.85. The molecule has 1 aromatic heterocycles. The molecule has 2 aromatic carbocycles. The number of nitrogens with zero attached hydrogens (tertiary/aromatic N) is 1. The number of hydrogen-bond donors (Lipinski definition) is 2. The molecule has 2 N–H and O–H groups in total. The third-order valence-electron chi connectivity index (χ3n) is 4.23. The standard InChI is InChI=1S/C22H20FN3O3/c1-29-20-5-3-2-4-15(20)10-13-25-22(28)19-14-16(11-12-24-19)21(27)26-18-8-6-17(23)7-9-18/h2-9,11-12,14H,10,13H2,1H3,(H,25,28)(H,26,27). The van der Waals surface area contributed by atoms with Gasteiger partial charge in [0.15, 0.2) is 0 Å². The Kier molecular flexibility index (Phi) is 6.52. The van der Waals surface area contributed by atoms with E-state index in [4.69, 9.17) is 4.74 Å². The largest absolute Gasteiger partial charge is 0.496 e. The number of para-hydroxylation sites is 1. The van der Waals surface area contributed by atoms with Crippen LogP contribution in [0.25, 0.3) is 0 Å². The summed E-state index contributed by atoms with van der Waals surface area (Å²) < 4.78 is 18.3. The van der Waals surface area contributed by atoms with Crippen LogP contribution >= 0.6 is 0 Å². The van der Waals surface area contributed by atoms with Gasteiger partial charge in [0.1, 0.15) is 17.3 Å². The zero-order valence-electron chi connectivity index (χ0n) is 15.8. The highest BCUT2D eigenvalue weighted by Gasteiger charge is 2.12. The number of ether oxygens (including phenoxy) is 1. The summed E-state index contributed by atoms with van der Waals surface area (Å²) in [5.74, 6) is -0.420. The Bertz CT molecular complexity index is 1010. The average Bonchev–Trinajstić information content (AvgIpc) is 2.75. The predicted molar refractivity (Wildman–Crippen MR) is 108 cm³/mol. The van der Waals surface area contributed by atoms with E-state index in [0.717, 1.165) is 11.3 Å². The van der Waals surface area contributed by atoms with Crippen LogP contribution in [0.5, 0.6) is 5.75 Å². The molecule has 0 unspecified atom stereocenters. The number of nitrogens with one attached hydrogen (secondary N) is 2. The van der Waals surface area contributed by atoms with Gasteiger partial charge in [0.05, 0.1) is 7.11 Å². The van der Waals surface area contributed by atoms with E-state index in [0.29, 0.717) is 18.7 Å². The van der Waals surface area contributed by atoms with Gasteiger partial charge in [0.2, 0.25) is 0 Å². The second-order valence-electron chi connectivity index (χ2n) is 6.21. The molecular formula is C22H20FN3O3. The third-order valence-corrected chi connectivity index (χ3v) is 4.23. The fraction of sp³-hybridized carbons (Fsp3) is 0.136. The number of benzene rings is 2. The van der Waals surface area contributed by atoms with Gasteiger partial charge >= 0.3 is 0 Å². The SMILES string of the molecule is COc1ccccc1CCNC(=O)c1cc(C(=O)Nc2ccc(F)cc2)ccn1. The van der Waals surface area contributed by atoms with Gasteiger partial charge in [-0.3, -0.25) is 14.6 Å². The first-order valence-corrected chi connectivity index (χ1v) is 9.00. The lowest BCUT2D eigenvalue weighted by atomic mass is 10.1. The number of halogens is 1. The van der Waals surface area contributed by atoms with E-state index < -0.39 is 5.91 Å². The highest BCUT2D eigenvalue weighted by Crippen LogP contribution is 2.17. The zero-order chi connectivity index (χ0) is 20.6. The zero-order valence-corrected chi connectivity index (χ0v) is 15.8. The Morgan fingerprint density at radius 3 is 2.55 bits per heavy atom. The lowest BCUT2D eigenvalue weighted by molar-refractivity contribution is 0.0949. The maximum atomic E-state index is 13.0. The fourth-order valence-corrected chi connectivity index (χ4v) is 2.74. The van der Waals surface area contributed by atoms with Crippen LogP contribution in [-0.4, -0.2) is 30.5 Å². The summed E-state index contributed by atoms with van der Waals surface area (Å²) in [5, 5.41) is 5.44. The minimum Gasteiger partial charge on any atom is -0.496 e. The number of carbonyl (C=O) groups excluding carboxylic acids is 2. The molecule has 0 aliphatic carbocycles. The first-order valence-electron chi connectivity index (χ1n) is 9.00. The molecule has 0 atom stereocenters. The molecule has 0 saturated heterocycles.